The van der Waals surface area contributed by atoms with E-state index in [1.54, 1.807) is 0 Å². The maximum absolute atomic E-state index is 11.3. The highest BCUT2D eigenvalue weighted by atomic mass is 16.5. The van der Waals surface area contributed by atoms with E-state index in [4.69, 9.17) is 4.74 Å². The number of carbonyl (C=O) groups is 1. The summed E-state index contributed by atoms with van der Waals surface area (Å²) in [7, 11) is 0. The highest BCUT2D eigenvalue weighted by Crippen LogP contribution is 2.11. The average Bonchev–Trinajstić information content (AvgIpc) is 2.38. The van der Waals surface area contributed by atoms with Crippen LogP contribution >= 0.6 is 0 Å². The van der Waals surface area contributed by atoms with E-state index in [0.29, 0.717) is 12.5 Å². The minimum atomic E-state index is -0.116. The van der Waals surface area contributed by atoms with E-state index in [0.717, 1.165) is 5.56 Å². The Hall–Kier alpha value is -1.84. The van der Waals surface area contributed by atoms with Gasteiger partial charge in [-0.15, -0.1) is 0 Å². The summed E-state index contributed by atoms with van der Waals surface area (Å²) in [5, 5.41) is 2.91. The Balaban J connectivity index is 2.01. The number of rotatable bonds is 3. The number of carbonyl (C=O) groups excluding carboxylic acids is 1. The van der Waals surface area contributed by atoms with E-state index in [2.05, 4.69) is 10.3 Å². The molecule has 1 aromatic rings. The number of nitrogens with one attached hydrogen (secondary N) is 1. The molecule has 1 N–H and O–H groups in total. The van der Waals surface area contributed by atoms with E-state index >= 15 is 0 Å². The third-order valence-corrected chi connectivity index (χ3v) is 2.86. The van der Waals surface area contributed by atoms with Gasteiger partial charge in [0, 0.05) is 0 Å². The van der Waals surface area contributed by atoms with Crippen LogP contribution in [0, 0.1) is 5.92 Å². The van der Waals surface area contributed by atoms with Crippen LogP contribution in [0.3, 0.4) is 0 Å². The summed E-state index contributed by atoms with van der Waals surface area (Å²) in [6.45, 7) is 4.72. The largest absolute Gasteiger partial charge is 0.475 e. The summed E-state index contributed by atoms with van der Waals surface area (Å²) in [6, 6.07) is 9.82. The molecule has 0 saturated heterocycles. The van der Waals surface area contributed by atoms with E-state index < -0.39 is 0 Å². The van der Waals surface area contributed by atoms with Gasteiger partial charge >= 0.3 is 0 Å². The van der Waals surface area contributed by atoms with Crippen molar-refractivity contribution in [3.05, 3.63) is 35.9 Å². The van der Waals surface area contributed by atoms with Gasteiger partial charge in [-0.25, -0.2) is 4.99 Å². The van der Waals surface area contributed by atoms with Gasteiger partial charge in [0.15, 0.2) is 0 Å². The average molecular weight is 246 g/mol. The second-order valence-electron chi connectivity index (χ2n) is 4.72. The Bertz CT molecular complexity index is 440. The Morgan fingerprint density at radius 2 is 2.11 bits per heavy atom. The zero-order valence-electron chi connectivity index (χ0n) is 10.7. The van der Waals surface area contributed by atoms with Gasteiger partial charge in [0.05, 0.1) is 0 Å². The van der Waals surface area contributed by atoms with Crippen molar-refractivity contribution in [1.29, 1.82) is 0 Å². The van der Waals surface area contributed by atoms with Crippen LogP contribution in [0.5, 0.6) is 0 Å². The SMILES string of the molecule is CC(C)[C@@H]1NC(=O)CN=C1OCc1ccccc1. The highest BCUT2D eigenvalue weighted by Gasteiger charge is 2.27. The number of hydrogen-bond acceptors (Lipinski definition) is 3. The Kier molecular flexibility index (Phi) is 3.97. The quantitative estimate of drug-likeness (QED) is 0.883. The molecule has 1 aliphatic rings. The van der Waals surface area contributed by atoms with Crippen molar-refractivity contribution in [3.8, 4) is 0 Å². The number of aliphatic imine (C=N–C) groups is 1. The van der Waals surface area contributed by atoms with Crippen molar-refractivity contribution in [2.45, 2.75) is 26.5 Å². The monoisotopic (exact) mass is 246 g/mol. The minimum absolute atomic E-state index is 0.0410. The molecule has 0 saturated carbocycles. The molecule has 4 nitrogen and oxygen atoms in total. The van der Waals surface area contributed by atoms with Crippen LogP contribution in [0.1, 0.15) is 19.4 Å². The first-order chi connectivity index (χ1) is 8.66. The summed E-state index contributed by atoms with van der Waals surface area (Å²) >= 11 is 0. The standard InChI is InChI=1S/C14H18N2O2/c1-10(2)13-14(15-8-12(17)16-13)18-9-11-6-4-3-5-7-11/h3-7,10,13H,8-9H2,1-2H3,(H,16,17)/t13-/m0/s1. The molecule has 0 radical (unpaired) electrons. The van der Waals surface area contributed by atoms with Crippen molar-refractivity contribution in [3.63, 3.8) is 0 Å². The molecule has 1 aromatic carbocycles. The van der Waals surface area contributed by atoms with Crippen LogP contribution in [0.4, 0.5) is 0 Å². The zero-order valence-corrected chi connectivity index (χ0v) is 10.7. The van der Waals surface area contributed by atoms with Crippen molar-refractivity contribution in [1.82, 2.24) is 5.32 Å². The fraction of sp³-hybridized carbons (Fsp3) is 0.429. The van der Waals surface area contributed by atoms with E-state index in [1.807, 2.05) is 44.2 Å². The predicted octanol–water partition coefficient (Wildman–Crippen LogP) is 1.76. The van der Waals surface area contributed by atoms with Gasteiger partial charge in [-0.1, -0.05) is 44.2 Å². The zero-order chi connectivity index (χ0) is 13.0. The molecular formula is C14H18N2O2. The number of hydrogen-bond donors (Lipinski definition) is 1. The maximum atomic E-state index is 11.3. The first kappa shape index (κ1) is 12.6. The molecule has 0 fully saturated rings. The molecule has 0 bridgehead atoms. The second kappa shape index (κ2) is 5.67. The summed E-state index contributed by atoms with van der Waals surface area (Å²) < 4.78 is 5.73. The third kappa shape index (κ3) is 3.09. The number of ether oxygens (including phenoxy) is 1. The van der Waals surface area contributed by atoms with Gasteiger partial charge in [0.2, 0.25) is 11.8 Å². The molecule has 2 rings (SSSR count). The molecule has 4 heteroatoms. The summed E-state index contributed by atoms with van der Waals surface area (Å²) in [5.74, 6) is 0.859. The second-order valence-corrected chi connectivity index (χ2v) is 4.72. The molecule has 1 aliphatic heterocycles. The van der Waals surface area contributed by atoms with Crippen molar-refractivity contribution >= 4 is 11.8 Å². The van der Waals surface area contributed by atoms with E-state index in [9.17, 15) is 4.79 Å². The normalized spacial score (nSPS) is 19.4. The molecule has 0 spiro atoms. The number of benzene rings is 1. The molecule has 96 valence electrons. The van der Waals surface area contributed by atoms with Crippen LogP contribution < -0.4 is 5.32 Å². The van der Waals surface area contributed by atoms with Gasteiger partial charge in [0.1, 0.15) is 19.2 Å². The Morgan fingerprint density at radius 1 is 1.39 bits per heavy atom. The van der Waals surface area contributed by atoms with Gasteiger partial charge in [-0.3, -0.25) is 4.79 Å². The lowest BCUT2D eigenvalue weighted by Gasteiger charge is -2.27. The van der Waals surface area contributed by atoms with Crippen molar-refractivity contribution in [2.24, 2.45) is 10.9 Å². The summed E-state index contributed by atoms with van der Waals surface area (Å²) in [6.07, 6.45) is 0. The predicted molar refractivity (Wildman–Crippen MR) is 70.3 cm³/mol. The van der Waals surface area contributed by atoms with Crippen molar-refractivity contribution < 1.29 is 9.53 Å². The number of amides is 1. The lowest BCUT2D eigenvalue weighted by atomic mass is 10.0. The summed E-state index contributed by atoms with van der Waals surface area (Å²) in [4.78, 5) is 15.5. The van der Waals surface area contributed by atoms with Crippen LogP contribution in [0.2, 0.25) is 0 Å². The smallest absolute Gasteiger partial charge is 0.242 e. The fourth-order valence-corrected chi connectivity index (χ4v) is 1.85. The molecule has 0 unspecified atom stereocenters. The molecule has 1 heterocycles. The fourth-order valence-electron chi connectivity index (χ4n) is 1.85. The summed E-state index contributed by atoms with van der Waals surface area (Å²) in [5.41, 5.74) is 1.10. The van der Waals surface area contributed by atoms with E-state index in [-0.39, 0.29) is 24.4 Å². The molecular weight excluding hydrogens is 228 g/mol. The highest BCUT2D eigenvalue weighted by molar-refractivity contribution is 5.93. The van der Waals surface area contributed by atoms with Crippen LogP contribution in [0.15, 0.2) is 35.3 Å². The lowest BCUT2D eigenvalue weighted by Crippen LogP contribution is -2.49. The maximum Gasteiger partial charge on any atom is 0.242 e. The van der Waals surface area contributed by atoms with Crippen LogP contribution in [-0.2, 0) is 16.1 Å². The van der Waals surface area contributed by atoms with Crippen LogP contribution in [0.25, 0.3) is 0 Å². The first-order valence-corrected chi connectivity index (χ1v) is 6.17. The Morgan fingerprint density at radius 3 is 2.78 bits per heavy atom. The van der Waals surface area contributed by atoms with Crippen LogP contribution in [-0.4, -0.2) is 24.4 Å². The van der Waals surface area contributed by atoms with Crippen molar-refractivity contribution in [2.75, 3.05) is 6.54 Å². The van der Waals surface area contributed by atoms with Gasteiger partial charge in [-0.2, -0.15) is 0 Å². The first-order valence-electron chi connectivity index (χ1n) is 6.17. The molecule has 18 heavy (non-hydrogen) atoms. The van der Waals surface area contributed by atoms with Gasteiger partial charge < -0.3 is 10.1 Å². The Labute approximate surface area is 107 Å². The topological polar surface area (TPSA) is 50.7 Å². The third-order valence-electron chi connectivity index (χ3n) is 2.86. The molecule has 1 atom stereocenters. The van der Waals surface area contributed by atoms with E-state index in [1.165, 1.54) is 0 Å². The molecule has 1 amide bonds. The van der Waals surface area contributed by atoms with Gasteiger partial charge in [-0.05, 0) is 11.5 Å². The van der Waals surface area contributed by atoms with Gasteiger partial charge in [0.25, 0.3) is 0 Å². The molecule has 0 aliphatic carbocycles. The minimum Gasteiger partial charge on any atom is -0.475 e. The lowest BCUT2D eigenvalue weighted by molar-refractivity contribution is -0.120. The number of nitrogens with zero attached hydrogens (tertiary/aromatic N) is 1. The molecule has 0 aromatic heterocycles.